The van der Waals surface area contributed by atoms with E-state index in [0.717, 1.165) is 66.1 Å². The molecule has 0 saturated carbocycles. The fourth-order valence-electron chi connectivity index (χ4n) is 10.1. The maximum atomic E-state index is 6.58. The van der Waals surface area contributed by atoms with E-state index in [0.29, 0.717) is 5.82 Å². The number of aromatic nitrogens is 3. The minimum Gasteiger partial charge on any atom is -0.456 e. The Morgan fingerprint density at radius 2 is 1.02 bits per heavy atom. The number of benzene rings is 10. The summed E-state index contributed by atoms with van der Waals surface area (Å²) in [6.45, 7) is 0. The second-order valence-corrected chi connectivity index (χ2v) is 17.1. The average Bonchev–Trinajstić information content (AvgIpc) is 4.00. The number of nitrogens with zero attached hydrogens (tertiary/aromatic N) is 3. The van der Waals surface area contributed by atoms with Crippen molar-refractivity contribution in [1.82, 2.24) is 14.5 Å². The molecule has 0 spiro atoms. The van der Waals surface area contributed by atoms with Crippen molar-refractivity contribution in [3.8, 4) is 28.3 Å². The third kappa shape index (κ3) is 4.64. The van der Waals surface area contributed by atoms with E-state index >= 15 is 0 Å². The molecular weight excluding hydrogens is 763 g/mol. The predicted octanol–water partition coefficient (Wildman–Crippen LogP) is 15.8. The molecule has 0 amide bonds. The molecule has 61 heavy (non-hydrogen) atoms. The zero-order chi connectivity index (χ0) is 39.8. The molecule has 0 radical (unpaired) electrons. The summed E-state index contributed by atoms with van der Waals surface area (Å²) in [5.74, 6) is 0.692. The van der Waals surface area contributed by atoms with Gasteiger partial charge in [-0.2, -0.15) is 0 Å². The van der Waals surface area contributed by atoms with Crippen molar-refractivity contribution in [2.45, 2.75) is 0 Å². The molecule has 14 rings (SSSR count). The molecule has 0 aliphatic rings. The van der Waals surface area contributed by atoms with Crippen molar-refractivity contribution in [1.29, 1.82) is 0 Å². The van der Waals surface area contributed by atoms with Crippen LogP contribution in [0.3, 0.4) is 0 Å². The van der Waals surface area contributed by atoms with Crippen LogP contribution in [-0.2, 0) is 0 Å². The van der Waals surface area contributed by atoms with E-state index in [-0.39, 0.29) is 0 Å². The number of hydrogen-bond acceptors (Lipinski definition) is 4. The molecule has 5 heteroatoms. The fraction of sp³-hybridized carbons (Fsp3) is 0. The largest absolute Gasteiger partial charge is 0.456 e. The third-order valence-electron chi connectivity index (χ3n) is 12.8. The summed E-state index contributed by atoms with van der Waals surface area (Å²) in [5.41, 5.74) is 8.94. The monoisotopic (exact) mass is 793 g/mol. The second-order valence-electron chi connectivity index (χ2n) is 16.0. The van der Waals surface area contributed by atoms with Crippen molar-refractivity contribution in [3.05, 3.63) is 188 Å². The fourth-order valence-corrected chi connectivity index (χ4v) is 11.3. The van der Waals surface area contributed by atoms with Crippen LogP contribution in [0.15, 0.2) is 192 Å². The van der Waals surface area contributed by atoms with Crippen LogP contribution in [0.4, 0.5) is 0 Å². The highest BCUT2D eigenvalue weighted by atomic mass is 32.1. The highest BCUT2D eigenvalue weighted by molar-refractivity contribution is 7.26. The lowest BCUT2D eigenvalue weighted by molar-refractivity contribution is 0.669. The molecule has 0 bridgehead atoms. The van der Waals surface area contributed by atoms with Crippen molar-refractivity contribution in [3.63, 3.8) is 0 Å². The lowest BCUT2D eigenvalue weighted by Crippen LogP contribution is -1.99. The quantitative estimate of drug-likeness (QED) is 0.179. The molecule has 282 valence electrons. The van der Waals surface area contributed by atoms with Crippen LogP contribution in [-0.4, -0.2) is 14.5 Å². The first kappa shape index (κ1) is 33.0. The maximum absolute atomic E-state index is 6.58. The van der Waals surface area contributed by atoms with Gasteiger partial charge >= 0.3 is 0 Å². The Hall–Kier alpha value is -7.86. The molecule has 10 aromatic carbocycles. The van der Waals surface area contributed by atoms with E-state index in [2.05, 4.69) is 180 Å². The summed E-state index contributed by atoms with van der Waals surface area (Å²) >= 11 is 1.81. The van der Waals surface area contributed by atoms with Gasteiger partial charge in [-0.1, -0.05) is 140 Å². The molecule has 0 aliphatic carbocycles. The van der Waals surface area contributed by atoms with Crippen LogP contribution in [0.5, 0.6) is 0 Å². The van der Waals surface area contributed by atoms with Gasteiger partial charge in [-0.25, -0.2) is 9.97 Å². The predicted molar refractivity (Wildman–Crippen MR) is 257 cm³/mol. The SMILES string of the molecule is c1ccc2c(c1)ccc1c2c2c3ccccc3ccc2n1-c1cc(-c2nc(-c3cc4oc5ccccc5c4c4ccccc34)c3ccccc3n2)c2sc3ccccc3c2c1. The average molecular weight is 794 g/mol. The Balaban J connectivity index is 1.11. The second kappa shape index (κ2) is 12.3. The Morgan fingerprint density at radius 1 is 0.410 bits per heavy atom. The molecule has 4 nitrogen and oxygen atoms in total. The molecule has 4 heterocycles. The van der Waals surface area contributed by atoms with Gasteiger partial charge in [-0.05, 0) is 80.8 Å². The van der Waals surface area contributed by atoms with E-state index in [1.165, 1.54) is 63.5 Å². The van der Waals surface area contributed by atoms with Crippen molar-refractivity contribution in [2.75, 3.05) is 0 Å². The van der Waals surface area contributed by atoms with Gasteiger partial charge in [-0.3, -0.25) is 0 Å². The smallest absolute Gasteiger partial charge is 0.161 e. The van der Waals surface area contributed by atoms with Gasteiger partial charge in [0.15, 0.2) is 5.82 Å². The lowest BCUT2D eigenvalue weighted by Gasteiger charge is -2.15. The molecule has 4 aromatic heterocycles. The van der Waals surface area contributed by atoms with Crippen LogP contribution < -0.4 is 0 Å². The van der Waals surface area contributed by atoms with E-state index in [4.69, 9.17) is 14.4 Å². The first-order valence-corrected chi connectivity index (χ1v) is 21.5. The summed E-state index contributed by atoms with van der Waals surface area (Å²) in [5, 5.41) is 15.4. The third-order valence-corrected chi connectivity index (χ3v) is 14.0. The summed E-state index contributed by atoms with van der Waals surface area (Å²) in [6.07, 6.45) is 0. The lowest BCUT2D eigenvalue weighted by atomic mass is 9.95. The molecule has 0 atom stereocenters. The van der Waals surface area contributed by atoms with Gasteiger partial charge in [0.2, 0.25) is 0 Å². The van der Waals surface area contributed by atoms with E-state index < -0.39 is 0 Å². The summed E-state index contributed by atoms with van der Waals surface area (Å²) in [4.78, 5) is 11.1. The van der Waals surface area contributed by atoms with E-state index in [1.54, 1.807) is 0 Å². The molecule has 0 saturated heterocycles. The minimum absolute atomic E-state index is 0.692. The van der Waals surface area contributed by atoms with Gasteiger partial charge in [0.05, 0.1) is 22.2 Å². The summed E-state index contributed by atoms with van der Waals surface area (Å²) in [6, 6.07) is 67.6. The Labute approximate surface area is 352 Å². The highest BCUT2D eigenvalue weighted by Crippen LogP contribution is 2.46. The van der Waals surface area contributed by atoms with Gasteiger partial charge in [0, 0.05) is 63.9 Å². The van der Waals surface area contributed by atoms with Gasteiger partial charge in [0.1, 0.15) is 11.2 Å². The summed E-state index contributed by atoms with van der Waals surface area (Å²) in [7, 11) is 0. The van der Waals surface area contributed by atoms with Crippen LogP contribution in [0.25, 0.3) is 135 Å². The topological polar surface area (TPSA) is 43.9 Å². The van der Waals surface area contributed by atoms with Crippen molar-refractivity contribution >= 4 is 118 Å². The van der Waals surface area contributed by atoms with Crippen LogP contribution in [0.1, 0.15) is 0 Å². The van der Waals surface area contributed by atoms with E-state index in [1.807, 2.05) is 23.5 Å². The zero-order valence-electron chi connectivity index (χ0n) is 32.6. The van der Waals surface area contributed by atoms with Gasteiger partial charge < -0.3 is 8.98 Å². The number of fused-ring (bicyclic) bond motifs is 16. The van der Waals surface area contributed by atoms with Crippen LogP contribution in [0, 0.1) is 0 Å². The standard InChI is InChI=1S/C56H31N3OS/c1-3-15-35-32(13-1)25-27-46-52(35)53-36-16-4-2-14-33(36)26-28-47(53)59(46)34-29-43-38-18-9-12-24-50(38)61-55(43)44(30-34)56-57-45-22-10-7-20-40(45)54(58-56)42-31-49-51(39-19-6-5-17-37(39)42)41-21-8-11-23-48(41)60-49/h1-31H. The van der Waals surface area contributed by atoms with Crippen molar-refractivity contribution < 1.29 is 4.42 Å². The molecule has 0 aliphatic heterocycles. The first-order valence-electron chi connectivity index (χ1n) is 20.6. The number of rotatable bonds is 3. The Morgan fingerprint density at radius 3 is 1.77 bits per heavy atom. The van der Waals surface area contributed by atoms with E-state index in [9.17, 15) is 0 Å². The minimum atomic E-state index is 0.692. The number of para-hydroxylation sites is 2. The van der Waals surface area contributed by atoms with Gasteiger partial charge in [-0.15, -0.1) is 11.3 Å². The normalized spacial score (nSPS) is 12.3. The molecule has 14 aromatic rings. The van der Waals surface area contributed by atoms with Crippen molar-refractivity contribution in [2.24, 2.45) is 0 Å². The number of thiophene rings is 1. The van der Waals surface area contributed by atoms with Crippen LogP contribution in [0.2, 0.25) is 0 Å². The maximum Gasteiger partial charge on any atom is 0.161 e. The first-order chi connectivity index (χ1) is 30.2. The molecule has 0 fully saturated rings. The van der Waals surface area contributed by atoms with Gasteiger partial charge in [0.25, 0.3) is 0 Å². The van der Waals surface area contributed by atoms with Crippen LogP contribution >= 0.6 is 11.3 Å². The molecule has 0 N–H and O–H groups in total. The summed E-state index contributed by atoms with van der Waals surface area (Å²) < 4.78 is 11.4. The Kier molecular flexibility index (Phi) is 6.68. The Bertz CT molecular complexity index is 4100. The highest BCUT2D eigenvalue weighted by Gasteiger charge is 2.23. The zero-order valence-corrected chi connectivity index (χ0v) is 33.4. The molecular formula is C56H31N3OS. The number of furan rings is 1. The molecule has 0 unspecified atom stereocenters. The number of hydrogen-bond donors (Lipinski definition) is 0.